The van der Waals surface area contributed by atoms with Gasteiger partial charge in [0.2, 0.25) is 0 Å². The highest BCUT2D eigenvalue weighted by molar-refractivity contribution is 5.78. The average molecular weight is 330 g/mol. The Hall–Kier alpha value is -1.93. The summed E-state index contributed by atoms with van der Waals surface area (Å²) in [5.41, 5.74) is 0.0694. The molecule has 2 heterocycles. The lowest BCUT2D eigenvalue weighted by Gasteiger charge is -2.33. The monoisotopic (exact) mass is 330 g/mol. The molecule has 1 unspecified atom stereocenters. The van der Waals surface area contributed by atoms with E-state index in [1.807, 2.05) is 0 Å². The normalized spacial score (nSPS) is 20.1. The number of hydrogen-bond acceptors (Lipinski definition) is 3. The van der Waals surface area contributed by atoms with E-state index in [1.54, 1.807) is 0 Å². The molecule has 1 N–H and O–H groups in total. The van der Waals surface area contributed by atoms with Gasteiger partial charge in [0, 0.05) is 36.8 Å². The number of nitrogens with zero attached hydrogens (tertiary/aromatic N) is 1. The molecular weight excluding hydrogens is 316 g/mol. The zero-order valence-electron chi connectivity index (χ0n) is 12.0. The second-order valence-electron chi connectivity index (χ2n) is 5.46. The zero-order valence-corrected chi connectivity index (χ0v) is 12.0. The highest BCUT2D eigenvalue weighted by atomic mass is 19.4. The van der Waals surface area contributed by atoms with Gasteiger partial charge in [0.25, 0.3) is 0 Å². The number of alkyl halides is 3. The van der Waals surface area contributed by atoms with Crippen molar-refractivity contribution in [2.24, 2.45) is 0 Å². The third kappa shape index (κ3) is 3.37. The van der Waals surface area contributed by atoms with Gasteiger partial charge in [-0.05, 0) is 12.1 Å². The lowest BCUT2D eigenvalue weighted by molar-refractivity contribution is -0.237. The average Bonchev–Trinajstić information content (AvgIpc) is 2.48. The molecule has 0 spiro atoms. The number of aromatic nitrogens is 1. The van der Waals surface area contributed by atoms with Crippen LogP contribution >= 0.6 is 0 Å². The summed E-state index contributed by atoms with van der Waals surface area (Å²) in [6.07, 6.45) is -6.28. The van der Waals surface area contributed by atoms with E-state index in [1.165, 1.54) is 29.2 Å². The number of para-hydroxylation sites is 1. The van der Waals surface area contributed by atoms with Gasteiger partial charge in [-0.1, -0.05) is 6.07 Å². The summed E-state index contributed by atoms with van der Waals surface area (Å²) in [5.74, 6) is -0.573. The van der Waals surface area contributed by atoms with Crippen LogP contribution in [0.5, 0.6) is 0 Å². The van der Waals surface area contributed by atoms with Gasteiger partial charge in [0.15, 0.2) is 11.5 Å². The molecule has 1 aromatic heterocycles. The first-order chi connectivity index (χ1) is 10.8. The van der Waals surface area contributed by atoms with Gasteiger partial charge < -0.3 is 9.72 Å². The van der Waals surface area contributed by atoms with Crippen LogP contribution in [-0.4, -0.2) is 41.9 Å². The van der Waals surface area contributed by atoms with Crippen LogP contribution in [0.15, 0.2) is 29.1 Å². The van der Waals surface area contributed by atoms with Crippen molar-refractivity contribution in [3.8, 4) is 0 Å². The largest absolute Gasteiger partial charge is 0.415 e. The van der Waals surface area contributed by atoms with Gasteiger partial charge in [-0.3, -0.25) is 9.69 Å². The minimum atomic E-state index is -4.43. The third-order valence-corrected chi connectivity index (χ3v) is 3.78. The van der Waals surface area contributed by atoms with Crippen LogP contribution < -0.4 is 5.43 Å². The lowest BCUT2D eigenvalue weighted by atomic mass is 10.1. The fourth-order valence-electron chi connectivity index (χ4n) is 2.66. The molecule has 0 radical (unpaired) electrons. The minimum absolute atomic E-state index is 0.0453. The summed E-state index contributed by atoms with van der Waals surface area (Å²) in [5, 5.41) is 0.212. The number of halogens is 4. The highest BCUT2D eigenvalue weighted by Gasteiger charge is 2.43. The molecule has 1 aliphatic heterocycles. The molecule has 8 heteroatoms. The van der Waals surface area contributed by atoms with E-state index >= 15 is 0 Å². The zero-order chi connectivity index (χ0) is 16.6. The van der Waals surface area contributed by atoms with E-state index in [4.69, 9.17) is 4.74 Å². The van der Waals surface area contributed by atoms with Crippen LogP contribution in [-0.2, 0) is 11.3 Å². The highest BCUT2D eigenvalue weighted by Crippen LogP contribution is 2.26. The molecule has 3 rings (SSSR count). The van der Waals surface area contributed by atoms with Gasteiger partial charge in [-0.25, -0.2) is 4.39 Å². The number of ether oxygens (including phenoxy) is 1. The van der Waals surface area contributed by atoms with Gasteiger partial charge >= 0.3 is 6.18 Å². The number of pyridine rings is 1. The lowest BCUT2D eigenvalue weighted by Crippen LogP contribution is -2.48. The second kappa shape index (κ2) is 5.93. The van der Waals surface area contributed by atoms with Crippen molar-refractivity contribution in [1.82, 2.24) is 9.88 Å². The van der Waals surface area contributed by atoms with Gasteiger partial charge in [0.1, 0.15) is 5.82 Å². The van der Waals surface area contributed by atoms with Crippen molar-refractivity contribution in [3.05, 3.63) is 46.0 Å². The molecule has 1 atom stereocenters. The number of nitrogens with one attached hydrogen (secondary N) is 1. The second-order valence-corrected chi connectivity index (χ2v) is 5.46. The summed E-state index contributed by atoms with van der Waals surface area (Å²) >= 11 is 0. The molecule has 0 amide bonds. The molecule has 0 saturated carbocycles. The molecular formula is C15H14F4N2O2. The van der Waals surface area contributed by atoms with Crippen molar-refractivity contribution in [2.75, 3.05) is 19.7 Å². The number of fused-ring (bicyclic) bond motifs is 1. The van der Waals surface area contributed by atoms with Crippen LogP contribution in [0.1, 0.15) is 5.69 Å². The minimum Gasteiger partial charge on any atom is -0.366 e. The molecule has 4 nitrogen and oxygen atoms in total. The predicted octanol–water partition coefficient (Wildman–Crippen LogP) is 2.43. The molecule has 2 aromatic rings. The van der Waals surface area contributed by atoms with Gasteiger partial charge in [0.05, 0.1) is 12.1 Å². The first-order valence-corrected chi connectivity index (χ1v) is 7.05. The van der Waals surface area contributed by atoms with Crippen LogP contribution in [0, 0.1) is 5.82 Å². The van der Waals surface area contributed by atoms with E-state index < -0.39 is 18.1 Å². The summed E-state index contributed by atoms with van der Waals surface area (Å²) < 4.78 is 56.7. The smallest absolute Gasteiger partial charge is 0.366 e. The van der Waals surface area contributed by atoms with Crippen molar-refractivity contribution < 1.29 is 22.3 Å². The summed E-state index contributed by atoms with van der Waals surface area (Å²) in [6, 6.07) is 5.44. The topological polar surface area (TPSA) is 45.3 Å². The molecule has 23 heavy (non-hydrogen) atoms. The summed E-state index contributed by atoms with van der Waals surface area (Å²) in [6.45, 7) is 0.0383. The number of morpholine rings is 1. The number of rotatable bonds is 2. The van der Waals surface area contributed by atoms with Crippen molar-refractivity contribution in [1.29, 1.82) is 0 Å². The van der Waals surface area contributed by atoms with E-state index in [2.05, 4.69) is 4.98 Å². The van der Waals surface area contributed by atoms with Gasteiger partial charge in [-0.2, -0.15) is 13.2 Å². The molecule has 1 fully saturated rings. The third-order valence-electron chi connectivity index (χ3n) is 3.78. The Labute approximate surface area is 128 Å². The van der Waals surface area contributed by atoms with Crippen molar-refractivity contribution in [3.63, 3.8) is 0 Å². The van der Waals surface area contributed by atoms with Crippen LogP contribution in [0.4, 0.5) is 17.6 Å². The first-order valence-electron chi connectivity index (χ1n) is 7.05. The maximum atomic E-state index is 13.8. The molecule has 1 saturated heterocycles. The number of aromatic amines is 1. The molecule has 124 valence electrons. The number of benzene rings is 1. The Morgan fingerprint density at radius 1 is 1.35 bits per heavy atom. The van der Waals surface area contributed by atoms with Crippen molar-refractivity contribution in [2.45, 2.75) is 18.8 Å². The summed E-state index contributed by atoms with van der Waals surface area (Å²) in [4.78, 5) is 16.3. The SMILES string of the molecule is O=c1cc(CN2CCOC(C(F)(F)F)C2)[nH]c2c(F)cccc12. The van der Waals surface area contributed by atoms with Crippen molar-refractivity contribution >= 4 is 10.9 Å². The Bertz CT molecular complexity index is 772. The maximum Gasteiger partial charge on any atom is 0.415 e. The standard InChI is InChI=1S/C15H14F4N2O2/c16-11-3-1-2-10-12(22)6-9(20-14(10)11)7-21-4-5-23-13(8-21)15(17,18)19/h1-3,6,13H,4-5,7-8H2,(H,20,22). The van der Waals surface area contributed by atoms with Crippen LogP contribution in [0.3, 0.4) is 0 Å². The molecule has 1 aliphatic rings. The van der Waals surface area contributed by atoms with E-state index in [0.717, 1.165) is 0 Å². The Kier molecular flexibility index (Phi) is 4.11. The fraction of sp³-hybridized carbons (Fsp3) is 0.400. The molecule has 1 aromatic carbocycles. The Morgan fingerprint density at radius 2 is 2.13 bits per heavy atom. The number of hydrogen-bond donors (Lipinski definition) is 1. The van der Waals surface area contributed by atoms with E-state index in [0.29, 0.717) is 12.2 Å². The van der Waals surface area contributed by atoms with E-state index in [9.17, 15) is 22.4 Å². The van der Waals surface area contributed by atoms with Gasteiger partial charge in [-0.15, -0.1) is 0 Å². The predicted molar refractivity (Wildman–Crippen MR) is 75.6 cm³/mol. The van der Waals surface area contributed by atoms with Crippen LogP contribution in [0.25, 0.3) is 10.9 Å². The summed E-state index contributed by atoms with van der Waals surface area (Å²) in [7, 11) is 0. The fourth-order valence-corrected chi connectivity index (χ4v) is 2.66. The van der Waals surface area contributed by atoms with Crippen LogP contribution in [0.2, 0.25) is 0 Å². The maximum absolute atomic E-state index is 13.8. The molecule has 0 aliphatic carbocycles. The quantitative estimate of drug-likeness (QED) is 0.860. The van der Waals surface area contributed by atoms with E-state index in [-0.39, 0.29) is 36.0 Å². The molecule has 0 bridgehead atoms. The first kappa shape index (κ1) is 15.9. The Morgan fingerprint density at radius 3 is 2.87 bits per heavy atom. The Balaban J connectivity index is 1.84. The number of H-pyrrole nitrogens is 1.